The van der Waals surface area contributed by atoms with Crippen molar-refractivity contribution in [1.82, 2.24) is 14.5 Å². The summed E-state index contributed by atoms with van der Waals surface area (Å²) in [5.41, 5.74) is 2.16. The van der Waals surface area contributed by atoms with E-state index >= 15 is 0 Å². The number of nitrogens with zero attached hydrogens (tertiary/aromatic N) is 3. The molecular weight excluding hydrogens is 438 g/mol. The number of fused-ring (bicyclic) bond motifs is 3. The topological polar surface area (TPSA) is 65.8 Å². The molecule has 0 atom stereocenters. The van der Waals surface area contributed by atoms with Gasteiger partial charge in [-0.1, -0.05) is 6.07 Å². The number of ether oxygens (including phenoxy) is 3. The molecule has 0 spiro atoms. The van der Waals surface area contributed by atoms with Gasteiger partial charge in [-0.15, -0.1) is 11.3 Å². The van der Waals surface area contributed by atoms with E-state index in [9.17, 15) is 4.79 Å². The minimum Gasteiger partial charge on any atom is -0.493 e. The number of hydrogen-bond donors (Lipinski definition) is 0. The minimum atomic E-state index is -0.268. The van der Waals surface area contributed by atoms with Crippen molar-refractivity contribution in [3.05, 3.63) is 41.0 Å². The van der Waals surface area contributed by atoms with Gasteiger partial charge in [-0.3, -0.25) is 9.36 Å². The number of hydrogen-bond acceptors (Lipinski definition) is 6. The van der Waals surface area contributed by atoms with Gasteiger partial charge >= 0.3 is 0 Å². The predicted octanol–water partition coefficient (Wildman–Crippen LogP) is 5.09. The summed E-state index contributed by atoms with van der Waals surface area (Å²) in [6.45, 7) is 10.3. The van der Waals surface area contributed by atoms with Gasteiger partial charge in [-0.05, 0) is 46.1 Å². The minimum absolute atomic E-state index is 0.0124. The molecule has 2 aromatic heterocycles. The van der Waals surface area contributed by atoms with Crippen molar-refractivity contribution < 1.29 is 19.0 Å². The molecule has 0 fully saturated rings. The lowest BCUT2D eigenvalue weighted by Gasteiger charge is -2.32. The van der Waals surface area contributed by atoms with E-state index in [1.54, 1.807) is 23.3 Å². The smallest absolute Gasteiger partial charge is 0.228 e. The van der Waals surface area contributed by atoms with E-state index in [-0.39, 0.29) is 24.0 Å². The third-order valence-corrected chi connectivity index (χ3v) is 6.58. The number of likely N-dealkylation sites (N-methyl/N-ethyl adjacent to an activating group) is 1. The molecule has 0 saturated carbocycles. The molecule has 7 nitrogen and oxygen atoms in total. The Morgan fingerprint density at radius 2 is 2.06 bits per heavy atom. The number of rotatable bonds is 6. The second-order valence-corrected chi connectivity index (χ2v) is 10.3. The maximum absolute atomic E-state index is 13.0. The molecule has 4 rings (SSSR count). The largest absolute Gasteiger partial charge is 0.493 e. The summed E-state index contributed by atoms with van der Waals surface area (Å²) in [7, 11) is 3.45. The normalized spacial score (nSPS) is 12.7. The SMILES string of the molecule is COc1cc2c(cc1OC(C)C)-n1c(-c3cccs3)nc(CC(=O)N(C)C(C)(C)C)c1CO2. The Morgan fingerprint density at radius 1 is 1.30 bits per heavy atom. The Bertz CT molecular complexity index is 1160. The van der Waals surface area contributed by atoms with E-state index in [1.165, 1.54) is 0 Å². The zero-order valence-corrected chi connectivity index (χ0v) is 21.1. The van der Waals surface area contributed by atoms with Crippen molar-refractivity contribution in [2.45, 2.75) is 59.3 Å². The molecule has 1 aliphatic rings. The summed E-state index contributed by atoms with van der Waals surface area (Å²) in [6, 6.07) is 7.83. The molecule has 0 aliphatic carbocycles. The highest BCUT2D eigenvalue weighted by molar-refractivity contribution is 7.13. The molecule has 176 valence electrons. The fourth-order valence-corrected chi connectivity index (χ4v) is 4.43. The first-order valence-corrected chi connectivity index (χ1v) is 11.9. The third-order valence-electron chi connectivity index (χ3n) is 5.71. The number of benzene rings is 1. The Hall–Kier alpha value is -3.00. The number of amides is 1. The first kappa shape index (κ1) is 23.2. The lowest BCUT2D eigenvalue weighted by Crippen LogP contribution is -2.43. The van der Waals surface area contributed by atoms with Gasteiger partial charge < -0.3 is 19.1 Å². The molecule has 0 saturated heterocycles. The van der Waals surface area contributed by atoms with Crippen LogP contribution in [0.2, 0.25) is 0 Å². The molecule has 0 unspecified atom stereocenters. The van der Waals surface area contributed by atoms with Crippen LogP contribution >= 0.6 is 11.3 Å². The number of imidazole rings is 1. The van der Waals surface area contributed by atoms with Gasteiger partial charge in [0.1, 0.15) is 12.4 Å². The highest BCUT2D eigenvalue weighted by atomic mass is 32.1. The van der Waals surface area contributed by atoms with Crippen molar-refractivity contribution in [1.29, 1.82) is 0 Å². The zero-order valence-electron chi connectivity index (χ0n) is 20.3. The van der Waals surface area contributed by atoms with E-state index in [1.807, 2.05) is 71.3 Å². The van der Waals surface area contributed by atoms with Crippen LogP contribution in [-0.4, -0.2) is 46.2 Å². The molecule has 0 bridgehead atoms. The van der Waals surface area contributed by atoms with Gasteiger partial charge in [0.05, 0.1) is 41.6 Å². The molecule has 0 radical (unpaired) electrons. The van der Waals surface area contributed by atoms with Crippen LogP contribution < -0.4 is 14.2 Å². The van der Waals surface area contributed by atoms with E-state index in [0.717, 1.165) is 27.8 Å². The molecule has 1 aliphatic heterocycles. The highest BCUT2D eigenvalue weighted by Gasteiger charge is 2.31. The quantitative estimate of drug-likeness (QED) is 0.503. The van der Waals surface area contributed by atoms with Crippen molar-refractivity contribution in [3.63, 3.8) is 0 Å². The number of methoxy groups -OCH3 is 1. The standard InChI is InChI=1S/C25H31N3O4S/c1-15(2)32-21-12-17-19(13-20(21)30-7)31-14-18-16(11-23(29)27(6)25(3,4)5)26-24(28(17)18)22-9-8-10-33-22/h8-10,12-13,15H,11,14H2,1-7H3. The zero-order chi connectivity index (χ0) is 23.9. The van der Waals surface area contributed by atoms with E-state index in [4.69, 9.17) is 19.2 Å². The predicted molar refractivity (Wildman–Crippen MR) is 130 cm³/mol. The van der Waals surface area contributed by atoms with Crippen molar-refractivity contribution in [3.8, 4) is 33.6 Å². The number of carbonyl (C=O) groups is 1. The summed E-state index contributed by atoms with van der Waals surface area (Å²) in [6.07, 6.45) is 0.195. The van der Waals surface area contributed by atoms with Crippen molar-refractivity contribution in [2.75, 3.05) is 14.2 Å². The molecule has 3 heterocycles. The fraction of sp³-hybridized carbons (Fsp3) is 0.440. The van der Waals surface area contributed by atoms with Gasteiger partial charge in [0, 0.05) is 24.7 Å². The van der Waals surface area contributed by atoms with Crippen molar-refractivity contribution in [2.24, 2.45) is 0 Å². The Balaban J connectivity index is 1.85. The maximum atomic E-state index is 13.0. The van der Waals surface area contributed by atoms with Crippen LogP contribution in [0, 0.1) is 0 Å². The third kappa shape index (κ3) is 4.44. The van der Waals surface area contributed by atoms with Gasteiger partial charge in [0.2, 0.25) is 5.91 Å². The Labute approximate surface area is 198 Å². The average molecular weight is 470 g/mol. The van der Waals surface area contributed by atoms with Crippen LogP contribution in [0.15, 0.2) is 29.6 Å². The molecule has 1 amide bonds. The summed E-state index contributed by atoms with van der Waals surface area (Å²) in [5, 5.41) is 2.02. The van der Waals surface area contributed by atoms with Crippen LogP contribution in [0.4, 0.5) is 0 Å². The number of carbonyl (C=O) groups excluding carboxylic acids is 1. The van der Waals surface area contributed by atoms with Gasteiger partial charge in [0.15, 0.2) is 17.3 Å². The Kier molecular flexibility index (Phi) is 6.14. The van der Waals surface area contributed by atoms with Crippen LogP contribution in [0.1, 0.15) is 46.0 Å². The molecule has 8 heteroatoms. The number of aromatic nitrogens is 2. The highest BCUT2D eigenvalue weighted by Crippen LogP contribution is 2.43. The van der Waals surface area contributed by atoms with Crippen LogP contribution in [0.5, 0.6) is 17.2 Å². The molecule has 0 N–H and O–H groups in total. The van der Waals surface area contributed by atoms with Crippen LogP contribution in [0.3, 0.4) is 0 Å². The molecule has 33 heavy (non-hydrogen) atoms. The first-order valence-electron chi connectivity index (χ1n) is 11.0. The number of thiophene rings is 1. The van der Waals surface area contributed by atoms with Gasteiger partial charge in [-0.25, -0.2) is 4.98 Å². The van der Waals surface area contributed by atoms with Crippen LogP contribution in [-0.2, 0) is 17.8 Å². The second kappa shape index (κ2) is 8.74. The fourth-order valence-electron chi connectivity index (χ4n) is 3.73. The lowest BCUT2D eigenvalue weighted by atomic mass is 10.1. The van der Waals surface area contributed by atoms with E-state index < -0.39 is 0 Å². The van der Waals surface area contributed by atoms with Gasteiger partial charge in [0.25, 0.3) is 0 Å². The van der Waals surface area contributed by atoms with E-state index in [0.29, 0.717) is 23.9 Å². The van der Waals surface area contributed by atoms with E-state index in [2.05, 4.69) is 4.57 Å². The van der Waals surface area contributed by atoms with Crippen LogP contribution in [0.25, 0.3) is 16.4 Å². The maximum Gasteiger partial charge on any atom is 0.228 e. The summed E-state index contributed by atoms with van der Waals surface area (Å²) in [4.78, 5) is 20.8. The van der Waals surface area contributed by atoms with Gasteiger partial charge in [-0.2, -0.15) is 0 Å². The Morgan fingerprint density at radius 3 is 2.67 bits per heavy atom. The second-order valence-electron chi connectivity index (χ2n) is 9.37. The average Bonchev–Trinajstić information content (AvgIpc) is 3.40. The first-order chi connectivity index (χ1) is 15.6. The molecular formula is C25H31N3O4S. The summed E-state index contributed by atoms with van der Waals surface area (Å²) < 4.78 is 19.8. The monoisotopic (exact) mass is 469 g/mol. The van der Waals surface area contributed by atoms with Crippen molar-refractivity contribution >= 4 is 17.2 Å². The lowest BCUT2D eigenvalue weighted by molar-refractivity contribution is -0.133. The summed E-state index contributed by atoms with van der Waals surface area (Å²) >= 11 is 1.61. The molecule has 3 aromatic rings. The molecule has 1 aromatic carbocycles. The summed E-state index contributed by atoms with van der Waals surface area (Å²) in [5.74, 6) is 2.76.